The number of alkyl halides is 1. The lowest BCUT2D eigenvalue weighted by Crippen LogP contribution is -1.79. The number of nitrogens with one attached hydrogen (secondary N) is 1. The molecule has 0 atom stereocenters. The molecule has 0 amide bonds. The second-order valence-corrected chi connectivity index (χ2v) is 4.03. The van der Waals surface area contributed by atoms with E-state index in [-0.39, 0.29) is 5.82 Å². The van der Waals surface area contributed by atoms with Gasteiger partial charge in [0.2, 0.25) is 0 Å². The smallest absolute Gasteiger partial charge is 0.126 e. The van der Waals surface area contributed by atoms with Crippen molar-refractivity contribution in [1.82, 2.24) is 9.97 Å². The normalized spacial score (nSPS) is 11.0. The van der Waals surface area contributed by atoms with E-state index >= 15 is 0 Å². The van der Waals surface area contributed by atoms with Gasteiger partial charge in [0.15, 0.2) is 0 Å². The minimum atomic E-state index is -0.262. The number of H-pyrrole nitrogens is 1. The van der Waals surface area contributed by atoms with Crippen LogP contribution in [-0.4, -0.2) is 9.97 Å². The molecule has 1 N–H and O–H groups in total. The summed E-state index contributed by atoms with van der Waals surface area (Å²) in [5.41, 5.74) is 1.47. The Labute approximate surface area is 92.6 Å². The van der Waals surface area contributed by atoms with Crippen molar-refractivity contribution in [2.45, 2.75) is 5.88 Å². The SMILES string of the molecule is Fc1cc(I)c2nc(CCl)[nH]c2c1. The predicted molar refractivity (Wildman–Crippen MR) is 58.3 cm³/mol. The van der Waals surface area contributed by atoms with E-state index in [2.05, 4.69) is 9.97 Å². The van der Waals surface area contributed by atoms with Gasteiger partial charge in [-0.15, -0.1) is 11.6 Å². The van der Waals surface area contributed by atoms with Crippen molar-refractivity contribution in [3.63, 3.8) is 0 Å². The fourth-order valence-electron chi connectivity index (χ4n) is 1.16. The topological polar surface area (TPSA) is 28.7 Å². The van der Waals surface area contributed by atoms with Gasteiger partial charge >= 0.3 is 0 Å². The molecule has 0 fully saturated rings. The van der Waals surface area contributed by atoms with Gasteiger partial charge in [-0.3, -0.25) is 0 Å². The summed E-state index contributed by atoms with van der Waals surface area (Å²) in [7, 11) is 0. The maximum Gasteiger partial charge on any atom is 0.126 e. The second-order valence-electron chi connectivity index (χ2n) is 2.60. The number of aromatic amines is 1. The molecule has 0 saturated heterocycles. The van der Waals surface area contributed by atoms with E-state index in [1.807, 2.05) is 22.6 Å². The first-order valence-electron chi connectivity index (χ1n) is 3.60. The Bertz CT molecular complexity index is 455. The number of hydrogen-bond donors (Lipinski definition) is 1. The molecule has 13 heavy (non-hydrogen) atoms. The molecule has 2 rings (SSSR count). The van der Waals surface area contributed by atoms with Crippen LogP contribution in [0, 0.1) is 9.39 Å². The summed E-state index contributed by atoms with van der Waals surface area (Å²) in [6.45, 7) is 0. The third-order valence-corrected chi connectivity index (χ3v) is 2.76. The molecule has 1 aromatic carbocycles. The van der Waals surface area contributed by atoms with E-state index in [0.29, 0.717) is 17.2 Å². The summed E-state index contributed by atoms with van der Waals surface area (Å²) < 4.78 is 13.7. The molecule has 0 aliphatic carbocycles. The number of benzene rings is 1. The van der Waals surface area contributed by atoms with Gasteiger partial charge in [0.25, 0.3) is 0 Å². The van der Waals surface area contributed by atoms with Crippen molar-refractivity contribution in [1.29, 1.82) is 0 Å². The first-order chi connectivity index (χ1) is 6.20. The van der Waals surface area contributed by atoms with Gasteiger partial charge < -0.3 is 4.98 Å². The van der Waals surface area contributed by atoms with Gasteiger partial charge in [-0.1, -0.05) is 0 Å². The molecule has 5 heteroatoms. The van der Waals surface area contributed by atoms with E-state index in [0.717, 1.165) is 9.09 Å². The van der Waals surface area contributed by atoms with Crippen LogP contribution < -0.4 is 0 Å². The van der Waals surface area contributed by atoms with Gasteiger partial charge in [-0.25, -0.2) is 9.37 Å². The molecule has 0 unspecified atom stereocenters. The van der Waals surface area contributed by atoms with Gasteiger partial charge in [0.05, 0.1) is 11.4 Å². The van der Waals surface area contributed by atoms with Crippen molar-refractivity contribution in [3.8, 4) is 0 Å². The Morgan fingerprint density at radius 1 is 1.54 bits per heavy atom. The minimum absolute atomic E-state index is 0.262. The zero-order chi connectivity index (χ0) is 9.42. The standard InChI is InChI=1S/C8H5ClFIN2/c9-3-7-12-6-2-4(10)1-5(11)8(6)13-7/h1-2H,3H2,(H,12,13). The number of hydrogen-bond acceptors (Lipinski definition) is 1. The van der Waals surface area contributed by atoms with Crippen molar-refractivity contribution in [2.75, 3.05) is 0 Å². The Balaban J connectivity index is 2.75. The summed E-state index contributed by atoms with van der Waals surface area (Å²) in [6.07, 6.45) is 0. The first-order valence-corrected chi connectivity index (χ1v) is 5.21. The molecule has 1 aromatic heterocycles. The van der Waals surface area contributed by atoms with Crippen LogP contribution in [-0.2, 0) is 5.88 Å². The first kappa shape index (κ1) is 9.21. The molecular formula is C8H5ClFIN2. The molecular weight excluding hydrogens is 305 g/mol. The average molecular weight is 310 g/mol. The number of aromatic nitrogens is 2. The molecule has 1 heterocycles. The maximum atomic E-state index is 12.9. The van der Waals surface area contributed by atoms with Crippen molar-refractivity contribution in [3.05, 3.63) is 27.3 Å². The summed E-state index contributed by atoms with van der Waals surface area (Å²) in [5, 5.41) is 0. The van der Waals surface area contributed by atoms with E-state index in [9.17, 15) is 4.39 Å². The highest BCUT2D eigenvalue weighted by molar-refractivity contribution is 14.1. The molecule has 0 aliphatic rings. The van der Waals surface area contributed by atoms with Crippen molar-refractivity contribution < 1.29 is 4.39 Å². The lowest BCUT2D eigenvalue weighted by atomic mass is 10.3. The van der Waals surface area contributed by atoms with Crippen LogP contribution in [0.5, 0.6) is 0 Å². The van der Waals surface area contributed by atoms with Crippen LogP contribution >= 0.6 is 34.2 Å². The Morgan fingerprint density at radius 2 is 2.31 bits per heavy atom. The van der Waals surface area contributed by atoms with Gasteiger partial charge in [0.1, 0.15) is 17.2 Å². The Kier molecular flexibility index (Phi) is 2.42. The Morgan fingerprint density at radius 3 is 3.00 bits per heavy atom. The maximum absolute atomic E-state index is 12.9. The summed E-state index contributed by atoms with van der Waals surface area (Å²) in [5.74, 6) is 0.716. The lowest BCUT2D eigenvalue weighted by Gasteiger charge is -1.92. The molecule has 0 bridgehead atoms. The highest BCUT2D eigenvalue weighted by Gasteiger charge is 2.06. The highest BCUT2D eigenvalue weighted by atomic mass is 127. The van der Waals surface area contributed by atoms with Crippen LogP contribution in [0.15, 0.2) is 12.1 Å². The molecule has 0 aliphatic heterocycles. The molecule has 0 spiro atoms. The van der Waals surface area contributed by atoms with Gasteiger partial charge in [-0.05, 0) is 34.7 Å². The Hall–Kier alpha value is -0.360. The highest BCUT2D eigenvalue weighted by Crippen LogP contribution is 2.20. The molecule has 68 valence electrons. The van der Waals surface area contributed by atoms with E-state index in [4.69, 9.17) is 11.6 Å². The zero-order valence-electron chi connectivity index (χ0n) is 6.44. The summed E-state index contributed by atoms with van der Waals surface area (Å²) in [6, 6.07) is 2.86. The minimum Gasteiger partial charge on any atom is -0.341 e. The predicted octanol–water partition coefficient (Wildman–Crippen LogP) is 3.05. The third kappa shape index (κ3) is 1.65. The molecule has 2 nitrogen and oxygen atoms in total. The van der Waals surface area contributed by atoms with E-state index in [1.165, 1.54) is 12.1 Å². The number of halogens is 3. The van der Waals surface area contributed by atoms with Crippen LogP contribution in [0.25, 0.3) is 11.0 Å². The quantitative estimate of drug-likeness (QED) is 0.636. The van der Waals surface area contributed by atoms with Gasteiger partial charge in [0, 0.05) is 3.57 Å². The number of nitrogens with zero attached hydrogens (tertiary/aromatic N) is 1. The second kappa shape index (κ2) is 3.42. The van der Waals surface area contributed by atoms with Crippen LogP contribution in [0.1, 0.15) is 5.82 Å². The number of imidazole rings is 1. The zero-order valence-corrected chi connectivity index (χ0v) is 9.36. The fourth-order valence-corrected chi connectivity index (χ4v) is 1.99. The van der Waals surface area contributed by atoms with Crippen molar-refractivity contribution >= 4 is 45.2 Å². The van der Waals surface area contributed by atoms with Crippen LogP contribution in [0.4, 0.5) is 4.39 Å². The fraction of sp³-hybridized carbons (Fsp3) is 0.125. The monoisotopic (exact) mass is 310 g/mol. The molecule has 0 radical (unpaired) electrons. The van der Waals surface area contributed by atoms with Gasteiger partial charge in [-0.2, -0.15) is 0 Å². The summed E-state index contributed by atoms with van der Waals surface area (Å²) in [4.78, 5) is 7.15. The average Bonchev–Trinajstić information content (AvgIpc) is 2.47. The third-order valence-electron chi connectivity index (χ3n) is 1.68. The molecule has 0 saturated carbocycles. The van der Waals surface area contributed by atoms with Crippen LogP contribution in [0.3, 0.4) is 0 Å². The van der Waals surface area contributed by atoms with Crippen LogP contribution in [0.2, 0.25) is 0 Å². The lowest BCUT2D eigenvalue weighted by molar-refractivity contribution is 0.628. The van der Waals surface area contributed by atoms with E-state index < -0.39 is 0 Å². The largest absolute Gasteiger partial charge is 0.341 e. The van der Waals surface area contributed by atoms with Crippen molar-refractivity contribution in [2.24, 2.45) is 0 Å². The number of rotatable bonds is 1. The number of fused-ring (bicyclic) bond motifs is 1. The molecule has 2 aromatic rings. The summed E-state index contributed by atoms with van der Waals surface area (Å²) >= 11 is 7.65. The van der Waals surface area contributed by atoms with E-state index in [1.54, 1.807) is 0 Å².